The maximum absolute atomic E-state index is 12.4. The van der Waals surface area contributed by atoms with Gasteiger partial charge in [-0.05, 0) is 47.1 Å². The Kier molecular flexibility index (Phi) is 5.24. The number of nitrogens with zero attached hydrogens (tertiary/aromatic N) is 4. The summed E-state index contributed by atoms with van der Waals surface area (Å²) in [6.45, 7) is 2.07. The summed E-state index contributed by atoms with van der Waals surface area (Å²) in [5.41, 5.74) is 1.79. The molecule has 130 valence electrons. The minimum absolute atomic E-state index is 0.242. The summed E-state index contributed by atoms with van der Waals surface area (Å²) in [5, 5.41) is 11.2. The van der Waals surface area contributed by atoms with Crippen molar-refractivity contribution in [3.8, 4) is 5.75 Å². The van der Waals surface area contributed by atoms with E-state index in [4.69, 9.17) is 4.74 Å². The highest BCUT2D eigenvalue weighted by molar-refractivity contribution is 9.10. The van der Waals surface area contributed by atoms with Gasteiger partial charge in [0.05, 0.1) is 28.2 Å². The molecule has 3 aromatic rings. The maximum Gasteiger partial charge on any atom is 0.275 e. The molecule has 3 rings (SSSR count). The van der Waals surface area contributed by atoms with Crippen molar-refractivity contribution in [2.75, 3.05) is 5.32 Å². The van der Waals surface area contributed by atoms with E-state index in [-0.39, 0.29) is 12.6 Å². The zero-order valence-corrected chi connectivity index (χ0v) is 16.7. The average Bonchev–Trinajstić information content (AvgIpc) is 3.11. The van der Waals surface area contributed by atoms with Crippen molar-refractivity contribution in [3.63, 3.8) is 0 Å². The molecule has 1 amide bonds. The van der Waals surface area contributed by atoms with E-state index in [1.807, 2.05) is 31.2 Å². The van der Waals surface area contributed by atoms with Gasteiger partial charge in [0.1, 0.15) is 11.4 Å². The van der Waals surface area contributed by atoms with E-state index in [0.29, 0.717) is 15.9 Å². The molecule has 25 heavy (non-hydrogen) atoms. The van der Waals surface area contributed by atoms with E-state index in [2.05, 4.69) is 47.4 Å². The molecule has 0 aliphatic rings. The van der Waals surface area contributed by atoms with Crippen LogP contribution in [-0.4, -0.2) is 25.5 Å². The number of aromatic nitrogens is 4. The van der Waals surface area contributed by atoms with Gasteiger partial charge in [0.2, 0.25) is 0 Å². The van der Waals surface area contributed by atoms with Crippen LogP contribution in [0, 0.1) is 6.92 Å². The Labute approximate surface area is 161 Å². The van der Waals surface area contributed by atoms with Gasteiger partial charge in [-0.3, -0.25) is 9.48 Å². The molecule has 0 aliphatic carbocycles. The standard InChI is InChI=1S/C16H15Br2N5O2/c1-10-14(18)15(22(2)21-10)16(24)20-12-7-19-23(8-12)9-25-13-5-3-11(17)4-6-13/h3-8H,9H2,1-2H3,(H,20,24). The van der Waals surface area contributed by atoms with Gasteiger partial charge in [-0.15, -0.1) is 0 Å². The molecule has 2 heterocycles. The summed E-state index contributed by atoms with van der Waals surface area (Å²) < 4.78 is 10.4. The molecule has 2 aromatic heterocycles. The van der Waals surface area contributed by atoms with Crippen LogP contribution < -0.4 is 10.1 Å². The smallest absolute Gasteiger partial charge is 0.275 e. The SMILES string of the molecule is Cc1nn(C)c(C(=O)Nc2cnn(COc3ccc(Br)cc3)c2)c1Br. The molecular weight excluding hydrogens is 454 g/mol. The van der Waals surface area contributed by atoms with Crippen LogP contribution in [0.25, 0.3) is 0 Å². The number of anilines is 1. The molecule has 0 unspecified atom stereocenters. The van der Waals surface area contributed by atoms with Crippen LogP contribution in [0.15, 0.2) is 45.6 Å². The molecule has 9 heteroatoms. The lowest BCUT2D eigenvalue weighted by Gasteiger charge is -2.06. The predicted molar refractivity (Wildman–Crippen MR) is 101 cm³/mol. The summed E-state index contributed by atoms with van der Waals surface area (Å²) in [6.07, 6.45) is 3.27. The highest BCUT2D eigenvalue weighted by Crippen LogP contribution is 2.21. The van der Waals surface area contributed by atoms with Gasteiger partial charge in [0, 0.05) is 11.5 Å². The van der Waals surface area contributed by atoms with Gasteiger partial charge >= 0.3 is 0 Å². The lowest BCUT2D eigenvalue weighted by atomic mass is 10.3. The van der Waals surface area contributed by atoms with Crippen LogP contribution >= 0.6 is 31.9 Å². The van der Waals surface area contributed by atoms with Crippen LogP contribution in [0.4, 0.5) is 5.69 Å². The molecular formula is C16H15Br2N5O2. The number of aryl methyl sites for hydroxylation is 2. The molecule has 0 spiro atoms. The number of ether oxygens (including phenoxy) is 1. The minimum atomic E-state index is -0.261. The van der Waals surface area contributed by atoms with E-state index in [1.165, 1.54) is 4.68 Å². The average molecular weight is 469 g/mol. The minimum Gasteiger partial charge on any atom is -0.471 e. The summed E-state index contributed by atoms with van der Waals surface area (Å²) in [5.74, 6) is 0.474. The van der Waals surface area contributed by atoms with E-state index >= 15 is 0 Å². The van der Waals surface area contributed by atoms with E-state index in [9.17, 15) is 4.79 Å². The quantitative estimate of drug-likeness (QED) is 0.618. The lowest BCUT2D eigenvalue weighted by molar-refractivity contribution is 0.101. The molecule has 0 radical (unpaired) electrons. The molecule has 0 fully saturated rings. The van der Waals surface area contributed by atoms with Crippen molar-refractivity contribution < 1.29 is 9.53 Å². The van der Waals surface area contributed by atoms with Gasteiger partial charge in [-0.25, -0.2) is 4.68 Å². The number of rotatable bonds is 5. The molecule has 0 atom stereocenters. The Morgan fingerprint density at radius 2 is 2.00 bits per heavy atom. The summed E-state index contributed by atoms with van der Waals surface area (Å²) in [6, 6.07) is 7.52. The normalized spacial score (nSPS) is 10.7. The summed E-state index contributed by atoms with van der Waals surface area (Å²) in [7, 11) is 1.72. The Hall–Kier alpha value is -2.13. The van der Waals surface area contributed by atoms with Crippen molar-refractivity contribution in [2.45, 2.75) is 13.7 Å². The fourth-order valence-electron chi connectivity index (χ4n) is 2.24. The van der Waals surface area contributed by atoms with Gasteiger partial charge in [0.15, 0.2) is 6.73 Å². The van der Waals surface area contributed by atoms with Crippen LogP contribution in [-0.2, 0) is 13.8 Å². The maximum atomic E-state index is 12.4. The molecule has 7 nitrogen and oxygen atoms in total. The fourth-order valence-corrected chi connectivity index (χ4v) is 3.02. The van der Waals surface area contributed by atoms with Gasteiger partial charge in [-0.2, -0.15) is 10.2 Å². The molecule has 1 aromatic carbocycles. The summed E-state index contributed by atoms with van der Waals surface area (Å²) in [4.78, 5) is 12.4. The Morgan fingerprint density at radius 3 is 2.64 bits per heavy atom. The highest BCUT2D eigenvalue weighted by atomic mass is 79.9. The Balaban J connectivity index is 1.63. The van der Waals surface area contributed by atoms with E-state index in [1.54, 1.807) is 24.1 Å². The lowest BCUT2D eigenvalue weighted by Crippen LogP contribution is -2.16. The number of hydrogen-bond donors (Lipinski definition) is 1. The molecule has 0 saturated carbocycles. The fraction of sp³-hybridized carbons (Fsp3) is 0.188. The Morgan fingerprint density at radius 1 is 1.28 bits per heavy atom. The second-order valence-corrected chi connectivity index (χ2v) is 7.03. The van der Waals surface area contributed by atoms with Gasteiger partial charge in [-0.1, -0.05) is 15.9 Å². The van der Waals surface area contributed by atoms with Gasteiger partial charge in [0.25, 0.3) is 5.91 Å². The first-order valence-corrected chi connectivity index (χ1v) is 8.94. The van der Waals surface area contributed by atoms with E-state index in [0.717, 1.165) is 15.9 Å². The first kappa shape index (κ1) is 17.7. The molecule has 1 N–H and O–H groups in total. The number of benzene rings is 1. The molecule has 0 saturated heterocycles. The van der Waals surface area contributed by atoms with Crippen molar-refractivity contribution in [1.29, 1.82) is 0 Å². The third-order valence-corrected chi connectivity index (χ3v) is 4.91. The second kappa shape index (κ2) is 7.40. The van der Waals surface area contributed by atoms with Crippen LogP contribution in [0.2, 0.25) is 0 Å². The molecule has 0 bridgehead atoms. The zero-order valence-electron chi connectivity index (χ0n) is 13.5. The first-order chi connectivity index (χ1) is 11.9. The van der Waals surface area contributed by atoms with Gasteiger partial charge < -0.3 is 10.1 Å². The van der Waals surface area contributed by atoms with Crippen molar-refractivity contribution in [2.24, 2.45) is 7.05 Å². The Bertz CT molecular complexity index is 902. The third kappa shape index (κ3) is 4.10. The second-order valence-electron chi connectivity index (χ2n) is 5.32. The number of amides is 1. The predicted octanol–water partition coefficient (Wildman–Crippen LogP) is 3.74. The largest absolute Gasteiger partial charge is 0.471 e. The van der Waals surface area contributed by atoms with E-state index < -0.39 is 0 Å². The summed E-state index contributed by atoms with van der Waals surface area (Å²) >= 11 is 6.76. The van der Waals surface area contributed by atoms with Crippen LogP contribution in [0.1, 0.15) is 16.2 Å². The topological polar surface area (TPSA) is 74.0 Å². The number of halogens is 2. The van der Waals surface area contributed by atoms with Crippen molar-refractivity contribution >= 4 is 43.5 Å². The number of nitrogens with one attached hydrogen (secondary N) is 1. The molecule has 0 aliphatic heterocycles. The first-order valence-electron chi connectivity index (χ1n) is 7.35. The third-order valence-electron chi connectivity index (χ3n) is 3.43. The van der Waals surface area contributed by atoms with Crippen molar-refractivity contribution in [1.82, 2.24) is 19.6 Å². The number of carbonyl (C=O) groups is 1. The number of carbonyl (C=O) groups excluding carboxylic acids is 1. The van der Waals surface area contributed by atoms with Crippen molar-refractivity contribution in [3.05, 3.63) is 57.0 Å². The zero-order chi connectivity index (χ0) is 18.0. The van der Waals surface area contributed by atoms with Crippen LogP contribution in [0.3, 0.4) is 0 Å². The highest BCUT2D eigenvalue weighted by Gasteiger charge is 2.18. The monoisotopic (exact) mass is 467 g/mol. The van der Waals surface area contributed by atoms with Crippen LogP contribution in [0.5, 0.6) is 5.75 Å². The number of hydrogen-bond acceptors (Lipinski definition) is 4.